The minimum absolute atomic E-state index is 0.107. The van der Waals surface area contributed by atoms with Gasteiger partial charge in [0.1, 0.15) is 23.9 Å². The summed E-state index contributed by atoms with van der Waals surface area (Å²) in [5.41, 5.74) is 1.23. The Morgan fingerprint density at radius 3 is 2.96 bits per heavy atom. The summed E-state index contributed by atoms with van der Waals surface area (Å²) in [6.07, 6.45) is 2.72. The average Bonchev–Trinajstić information content (AvgIpc) is 2.62. The summed E-state index contributed by atoms with van der Waals surface area (Å²) in [5.74, 6) is 0.759. The van der Waals surface area contributed by atoms with Crippen LogP contribution in [0.5, 0.6) is 0 Å². The number of nitrogens with zero attached hydrogens (tertiary/aromatic N) is 5. The van der Waals surface area contributed by atoms with E-state index in [1.54, 1.807) is 17.2 Å². The molecule has 3 heterocycles. The molecule has 1 amide bonds. The van der Waals surface area contributed by atoms with Crippen LogP contribution in [0.15, 0.2) is 36.8 Å². The van der Waals surface area contributed by atoms with Crippen LogP contribution in [-0.2, 0) is 4.74 Å². The third-order valence-electron chi connectivity index (χ3n) is 3.70. The first-order chi connectivity index (χ1) is 11.1. The van der Waals surface area contributed by atoms with E-state index in [-0.39, 0.29) is 12.0 Å². The first-order valence-corrected chi connectivity index (χ1v) is 7.46. The maximum Gasteiger partial charge on any atom is 0.272 e. The Morgan fingerprint density at radius 2 is 2.22 bits per heavy atom. The van der Waals surface area contributed by atoms with Gasteiger partial charge in [0.15, 0.2) is 0 Å². The van der Waals surface area contributed by atoms with Crippen LogP contribution >= 0.6 is 0 Å². The second-order valence-electron chi connectivity index (χ2n) is 5.52. The molecule has 0 radical (unpaired) electrons. The maximum absolute atomic E-state index is 12.5. The number of carbonyl (C=O) groups is 1. The van der Waals surface area contributed by atoms with Crippen LogP contribution < -0.4 is 4.90 Å². The van der Waals surface area contributed by atoms with Crippen molar-refractivity contribution in [1.82, 2.24) is 19.9 Å². The van der Waals surface area contributed by atoms with E-state index in [1.165, 1.54) is 6.33 Å². The number of anilines is 1. The summed E-state index contributed by atoms with van der Waals surface area (Å²) in [5, 5.41) is 0. The van der Waals surface area contributed by atoms with Crippen molar-refractivity contribution in [3.05, 3.63) is 48.2 Å². The minimum atomic E-state index is -0.227. The third kappa shape index (κ3) is 3.45. The molecule has 2 aromatic rings. The second-order valence-corrected chi connectivity index (χ2v) is 5.52. The van der Waals surface area contributed by atoms with Gasteiger partial charge in [0, 0.05) is 26.8 Å². The molecule has 23 heavy (non-hydrogen) atoms. The van der Waals surface area contributed by atoms with E-state index in [2.05, 4.69) is 15.0 Å². The number of morpholine rings is 1. The monoisotopic (exact) mass is 313 g/mol. The molecule has 1 atom stereocenters. The number of hydrogen-bond acceptors (Lipinski definition) is 6. The largest absolute Gasteiger partial charge is 0.368 e. The van der Waals surface area contributed by atoms with Crippen LogP contribution in [0, 0.1) is 0 Å². The van der Waals surface area contributed by atoms with E-state index >= 15 is 0 Å². The van der Waals surface area contributed by atoms with Crippen LogP contribution in [0.1, 0.15) is 22.3 Å². The fourth-order valence-corrected chi connectivity index (χ4v) is 2.46. The molecule has 1 aliphatic heterocycles. The Bertz CT molecular complexity index is 677. The van der Waals surface area contributed by atoms with Gasteiger partial charge in [0.25, 0.3) is 5.91 Å². The van der Waals surface area contributed by atoms with E-state index < -0.39 is 0 Å². The fraction of sp³-hybridized carbons (Fsp3) is 0.375. The Kier molecular flexibility index (Phi) is 4.47. The van der Waals surface area contributed by atoms with Crippen molar-refractivity contribution in [2.45, 2.75) is 6.10 Å². The lowest BCUT2D eigenvalue weighted by molar-refractivity contribution is -0.0248. The Morgan fingerprint density at radius 1 is 1.35 bits per heavy atom. The lowest BCUT2D eigenvalue weighted by Gasteiger charge is -2.32. The van der Waals surface area contributed by atoms with Crippen molar-refractivity contribution in [3.63, 3.8) is 0 Å². The van der Waals surface area contributed by atoms with E-state index in [0.29, 0.717) is 25.4 Å². The van der Waals surface area contributed by atoms with Gasteiger partial charge in [-0.1, -0.05) is 6.07 Å². The van der Waals surface area contributed by atoms with Crippen LogP contribution in [0.25, 0.3) is 0 Å². The predicted molar refractivity (Wildman–Crippen MR) is 85.2 cm³/mol. The fourth-order valence-electron chi connectivity index (χ4n) is 2.46. The van der Waals surface area contributed by atoms with Gasteiger partial charge in [-0.15, -0.1) is 0 Å². The van der Waals surface area contributed by atoms with Gasteiger partial charge in [-0.3, -0.25) is 4.79 Å². The average molecular weight is 313 g/mol. The summed E-state index contributed by atoms with van der Waals surface area (Å²) >= 11 is 0. The summed E-state index contributed by atoms with van der Waals surface area (Å²) in [6.45, 7) is 1.49. The van der Waals surface area contributed by atoms with Crippen molar-refractivity contribution in [3.8, 4) is 0 Å². The molecule has 2 aromatic heterocycles. The molecule has 120 valence electrons. The number of aromatic nitrogens is 3. The van der Waals surface area contributed by atoms with Gasteiger partial charge in [-0.25, -0.2) is 15.0 Å². The summed E-state index contributed by atoms with van der Waals surface area (Å²) in [4.78, 5) is 28.7. The standard InChI is InChI=1S/C16H19N5O2/c1-20(2)15-5-3-4-12(19-15)14-10-21(8-9-23-14)16(22)13-6-7-17-11-18-13/h3-7,11,14H,8-10H2,1-2H3/t14-/m1/s1. The molecule has 1 fully saturated rings. The molecule has 1 aliphatic rings. The molecule has 3 rings (SSSR count). The van der Waals surface area contributed by atoms with E-state index in [1.807, 2.05) is 37.2 Å². The first-order valence-electron chi connectivity index (χ1n) is 7.46. The highest BCUT2D eigenvalue weighted by Crippen LogP contribution is 2.23. The van der Waals surface area contributed by atoms with Gasteiger partial charge >= 0.3 is 0 Å². The van der Waals surface area contributed by atoms with Crippen LogP contribution in [0.4, 0.5) is 5.82 Å². The van der Waals surface area contributed by atoms with Crippen LogP contribution in [-0.4, -0.2) is 59.6 Å². The Hall–Kier alpha value is -2.54. The number of carbonyl (C=O) groups excluding carboxylic acids is 1. The number of rotatable bonds is 3. The van der Waals surface area contributed by atoms with Crippen molar-refractivity contribution in [1.29, 1.82) is 0 Å². The van der Waals surface area contributed by atoms with E-state index in [4.69, 9.17) is 4.74 Å². The molecular formula is C16H19N5O2. The van der Waals surface area contributed by atoms with Crippen LogP contribution in [0.2, 0.25) is 0 Å². The van der Waals surface area contributed by atoms with Crippen molar-refractivity contribution < 1.29 is 9.53 Å². The number of amides is 1. The van der Waals surface area contributed by atoms with E-state index in [9.17, 15) is 4.79 Å². The predicted octanol–water partition coefficient (Wildman–Crippen LogP) is 1.15. The lowest BCUT2D eigenvalue weighted by Crippen LogP contribution is -2.42. The zero-order valence-electron chi connectivity index (χ0n) is 13.2. The lowest BCUT2D eigenvalue weighted by atomic mass is 10.1. The molecule has 0 unspecified atom stereocenters. The SMILES string of the molecule is CN(C)c1cccc([C@H]2CN(C(=O)c3ccncn3)CCO2)n1. The number of pyridine rings is 1. The zero-order chi connectivity index (χ0) is 16.2. The van der Waals surface area contributed by atoms with Crippen molar-refractivity contribution in [2.24, 2.45) is 0 Å². The maximum atomic E-state index is 12.5. The Labute approximate surface area is 134 Å². The molecule has 0 saturated carbocycles. The molecule has 0 aromatic carbocycles. The summed E-state index contributed by atoms with van der Waals surface area (Å²) < 4.78 is 5.81. The van der Waals surface area contributed by atoms with Crippen molar-refractivity contribution >= 4 is 11.7 Å². The molecule has 0 aliphatic carbocycles. The first kappa shape index (κ1) is 15.4. The molecule has 0 N–H and O–H groups in total. The second kappa shape index (κ2) is 6.70. The summed E-state index contributed by atoms with van der Waals surface area (Å²) in [6, 6.07) is 7.44. The van der Waals surface area contributed by atoms with Gasteiger partial charge in [0.2, 0.25) is 0 Å². The highest BCUT2D eigenvalue weighted by molar-refractivity contribution is 5.92. The minimum Gasteiger partial charge on any atom is -0.368 e. The highest BCUT2D eigenvalue weighted by atomic mass is 16.5. The molecular weight excluding hydrogens is 294 g/mol. The van der Waals surface area contributed by atoms with Gasteiger partial charge in [-0.05, 0) is 18.2 Å². The quantitative estimate of drug-likeness (QED) is 0.846. The zero-order valence-corrected chi connectivity index (χ0v) is 13.2. The third-order valence-corrected chi connectivity index (χ3v) is 3.70. The van der Waals surface area contributed by atoms with Crippen molar-refractivity contribution in [2.75, 3.05) is 38.7 Å². The smallest absolute Gasteiger partial charge is 0.272 e. The molecule has 0 spiro atoms. The highest BCUT2D eigenvalue weighted by Gasteiger charge is 2.27. The van der Waals surface area contributed by atoms with Gasteiger partial charge < -0.3 is 14.5 Å². The van der Waals surface area contributed by atoms with Gasteiger partial charge in [0.05, 0.1) is 18.8 Å². The molecule has 7 heteroatoms. The number of hydrogen-bond donors (Lipinski definition) is 0. The van der Waals surface area contributed by atoms with E-state index in [0.717, 1.165) is 11.5 Å². The molecule has 0 bridgehead atoms. The normalized spacial score (nSPS) is 17.8. The topological polar surface area (TPSA) is 71.5 Å². The molecule has 7 nitrogen and oxygen atoms in total. The Balaban J connectivity index is 1.76. The summed E-state index contributed by atoms with van der Waals surface area (Å²) in [7, 11) is 3.89. The van der Waals surface area contributed by atoms with Crippen LogP contribution in [0.3, 0.4) is 0 Å². The number of ether oxygens (including phenoxy) is 1. The van der Waals surface area contributed by atoms with Gasteiger partial charge in [-0.2, -0.15) is 0 Å². The molecule has 1 saturated heterocycles.